The highest BCUT2D eigenvalue weighted by Crippen LogP contribution is 2.44. The van der Waals surface area contributed by atoms with Gasteiger partial charge in [0.15, 0.2) is 0 Å². The third-order valence-corrected chi connectivity index (χ3v) is 6.08. The number of nitriles is 1. The van der Waals surface area contributed by atoms with E-state index >= 15 is 0 Å². The molecule has 0 fully saturated rings. The largest absolute Gasteiger partial charge is 0.480 e. The number of methoxy groups -OCH3 is 1. The molecular weight excluding hydrogens is 386 g/mol. The second kappa shape index (κ2) is 6.68. The van der Waals surface area contributed by atoms with Crippen molar-refractivity contribution in [1.82, 2.24) is 9.97 Å². The molecule has 0 aliphatic heterocycles. The number of hydrogen-bond donors (Lipinski definition) is 0. The summed E-state index contributed by atoms with van der Waals surface area (Å²) in [5.41, 5.74) is 6.18. The number of rotatable bonds is 2. The van der Waals surface area contributed by atoms with Gasteiger partial charge in [-0.2, -0.15) is 5.26 Å². The maximum absolute atomic E-state index is 9.86. The van der Waals surface area contributed by atoms with E-state index in [1.165, 1.54) is 28.8 Å². The van der Waals surface area contributed by atoms with Crippen LogP contribution in [0.1, 0.15) is 16.7 Å². The molecule has 0 unspecified atom stereocenters. The first-order chi connectivity index (χ1) is 15.3. The summed E-state index contributed by atoms with van der Waals surface area (Å²) in [5, 5.41) is 13.4. The zero-order valence-corrected chi connectivity index (χ0v) is 16.8. The summed E-state index contributed by atoms with van der Waals surface area (Å²) in [4.78, 5) is 9.54. The number of aryl methyl sites for hydroxylation is 1. The third-order valence-electron chi connectivity index (χ3n) is 6.08. The summed E-state index contributed by atoms with van der Waals surface area (Å²) in [5.74, 6) is 0.953. The van der Waals surface area contributed by atoms with Gasteiger partial charge >= 0.3 is 0 Å². The van der Waals surface area contributed by atoms with Crippen molar-refractivity contribution < 1.29 is 9.15 Å². The molecule has 2 aromatic carbocycles. The van der Waals surface area contributed by atoms with Crippen LogP contribution in [0.2, 0.25) is 0 Å². The fraction of sp³-hybridized carbons (Fsp3) is 0.115. The standard InChI is InChI=1S/C26H17N3O2/c1-30-26-19(13-27)24(22-7-4-12-31-22)18-10-9-17-20(25(18)29-26)14-28-21-11-8-15-5-2-3-6-16(15)23(17)21/h2-8,11-12,14H,9-10H2,1H3. The van der Waals surface area contributed by atoms with Gasteiger partial charge in [-0.1, -0.05) is 30.3 Å². The molecule has 1 aliphatic carbocycles. The molecule has 6 rings (SSSR count). The molecule has 0 saturated carbocycles. The molecular formula is C26H17N3O2. The predicted octanol–water partition coefficient (Wildman–Crippen LogP) is 5.69. The number of nitrogens with zero attached hydrogens (tertiary/aromatic N) is 3. The van der Waals surface area contributed by atoms with Gasteiger partial charge in [-0.3, -0.25) is 4.98 Å². The Kier molecular flexibility index (Phi) is 3.81. The van der Waals surface area contributed by atoms with Crippen LogP contribution in [0.5, 0.6) is 5.88 Å². The van der Waals surface area contributed by atoms with Crippen molar-refractivity contribution in [1.29, 1.82) is 5.26 Å². The zero-order chi connectivity index (χ0) is 20.9. The number of aromatic nitrogens is 2. The van der Waals surface area contributed by atoms with E-state index in [2.05, 4.69) is 42.5 Å². The number of hydrogen-bond acceptors (Lipinski definition) is 5. The van der Waals surface area contributed by atoms with Crippen LogP contribution in [-0.4, -0.2) is 17.1 Å². The van der Waals surface area contributed by atoms with Crippen molar-refractivity contribution >= 4 is 21.7 Å². The summed E-state index contributed by atoms with van der Waals surface area (Å²) < 4.78 is 11.2. The van der Waals surface area contributed by atoms with Crippen LogP contribution in [0.4, 0.5) is 0 Å². The van der Waals surface area contributed by atoms with Gasteiger partial charge in [0, 0.05) is 22.7 Å². The minimum atomic E-state index is 0.304. The number of pyridine rings is 2. The van der Waals surface area contributed by atoms with Crippen molar-refractivity contribution in [3.63, 3.8) is 0 Å². The van der Waals surface area contributed by atoms with Crippen molar-refractivity contribution in [3.8, 4) is 34.5 Å². The Morgan fingerprint density at radius 2 is 1.90 bits per heavy atom. The fourth-order valence-electron chi connectivity index (χ4n) is 4.76. The average Bonchev–Trinajstić information content (AvgIpc) is 3.36. The van der Waals surface area contributed by atoms with Gasteiger partial charge < -0.3 is 9.15 Å². The first-order valence-electron chi connectivity index (χ1n) is 10.1. The lowest BCUT2D eigenvalue weighted by molar-refractivity contribution is 0.396. The van der Waals surface area contributed by atoms with Crippen LogP contribution in [-0.2, 0) is 12.8 Å². The Morgan fingerprint density at radius 1 is 1.03 bits per heavy atom. The molecule has 3 aromatic heterocycles. The van der Waals surface area contributed by atoms with E-state index in [9.17, 15) is 5.26 Å². The molecule has 0 atom stereocenters. The zero-order valence-electron chi connectivity index (χ0n) is 16.8. The fourth-order valence-corrected chi connectivity index (χ4v) is 4.76. The van der Waals surface area contributed by atoms with Gasteiger partial charge in [0.05, 0.1) is 24.6 Å². The molecule has 0 saturated heterocycles. The highest BCUT2D eigenvalue weighted by atomic mass is 16.5. The monoisotopic (exact) mass is 403 g/mol. The molecule has 0 N–H and O–H groups in total. The van der Waals surface area contributed by atoms with Crippen LogP contribution in [0.3, 0.4) is 0 Å². The predicted molar refractivity (Wildman–Crippen MR) is 119 cm³/mol. The molecule has 3 heterocycles. The van der Waals surface area contributed by atoms with Crippen molar-refractivity contribution in [2.75, 3.05) is 7.11 Å². The second-order valence-corrected chi connectivity index (χ2v) is 7.62. The Balaban J connectivity index is 1.73. The highest BCUT2D eigenvalue weighted by molar-refractivity contribution is 6.09. The number of ether oxygens (including phenoxy) is 1. The first-order valence-corrected chi connectivity index (χ1v) is 10.1. The minimum absolute atomic E-state index is 0.304. The average molecular weight is 403 g/mol. The molecule has 0 radical (unpaired) electrons. The van der Waals surface area contributed by atoms with Gasteiger partial charge in [-0.05, 0) is 52.9 Å². The lowest BCUT2D eigenvalue weighted by Crippen LogP contribution is -2.11. The lowest BCUT2D eigenvalue weighted by atomic mass is 9.83. The number of furan rings is 1. The third kappa shape index (κ3) is 2.48. The van der Waals surface area contributed by atoms with Crippen LogP contribution in [0, 0.1) is 11.3 Å². The highest BCUT2D eigenvalue weighted by Gasteiger charge is 2.29. The molecule has 5 nitrogen and oxygen atoms in total. The summed E-state index contributed by atoms with van der Waals surface area (Å²) in [7, 11) is 1.54. The van der Waals surface area contributed by atoms with E-state index in [1.807, 2.05) is 18.3 Å². The number of fused-ring (bicyclic) bond motifs is 7. The van der Waals surface area contributed by atoms with Gasteiger partial charge in [-0.15, -0.1) is 0 Å². The molecule has 5 aromatic rings. The molecule has 31 heavy (non-hydrogen) atoms. The van der Waals surface area contributed by atoms with E-state index < -0.39 is 0 Å². The van der Waals surface area contributed by atoms with E-state index in [1.54, 1.807) is 6.26 Å². The van der Waals surface area contributed by atoms with Gasteiger partial charge in [0.2, 0.25) is 5.88 Å². The summed E-state index contributed by atoms with van der Waals surface area (Å²) >= 11 is 0. The summed E-state index contributed by atoms with van der Waals surface area (Å²) in [6, 6.07) is 18.6. The van der Waals surface area contributed by atoms with Gasteiger partial charge in [0.25, 0.3) is 0 Å². The topological polar surface area (TPSA) is 71.9 Å². The van der Waals surface area contributed by atoms with E-state index in [4.69, 9.17) is 19.1 Å². The van der Waals surface area contributed by atoms with Gasteiger partial charge in [-0.25, -0.2) is 4.98 Å². The molecule has 0 spiro atoms. The second-order valence-electron chi connectivity index (χ2n) is 7.62. The molecule has 0 bridgehead atoms. The molecule has 1 aliphatic rings. The van der Waals surface area contributed by atoms with E-state index in [0.717, 1.165) is 40.7 Å². The normalized spacial score (nSPS) is 12.4. The Morgan fingerprint density at radius 3 is 2.71 bits per heavy atom. The molecule has 0 amide bonds. The van der Waals surface area contributed by atoms with Crippen molar-refractivity contribution in [3.05, 3.63) is 77.7 Å². The van der Waals surface area contributed by atoms with Crippen LogP contribution in [0.25, 0.3) is 44.3 Å². The molecule has 5 heteroatoms. The lowest BCUT2D eigenvalue weighted by Gasteiger charge is -2.24. The SMILES string of the molecule is COc1nc2c(c(-c3ccco3)c1C#N)CCc1c-2cnc2ccc3ccccc3c12. The maximum atomic E-state index is 9.86. The van der Waals surface area contributed by atoms with Crippen molar-refractivity contribution in [2.45, 2.75) is 12.8 Å². The molecule has 148 valence electrons. The van der Waals surface area contributed by atoms with Crippen molar-refractivity contribution in [2.24, 2.45) is 0 Å². The maximum Gasteiger partial charge on any atom is 0.232 e. The quantitative estimate of drug-likeness (QED) is 0.354. The Bertz CT molecular complexity index is 1530. The van der Waals surface area contributed by atoms with E-state index in [0.29, 0.717) is 17.2 Å². The smallest absolute Gasteiger partial charge is 0.232 e. The van der Waals surface area contributed by atoms with E-state index in [-0.39, 0.29) is 0 Å². The van der Waals surface area contributed by atoms with Crippen LogP contribution in [0.15, 0.2) is 65.4 Å². The summed E-state index contributed by atoms with van der Waals surface area (Å²) in [6.07, 6.45) is 5.11. The number of benzene rings is 2. The first kappa shape index (κ1) is 17.7. The summed E-state index contributed by atoms with van der Waals surface area (Å²) in [6.45, 7) is 0. The van der Waals surface area contributed by atoms with Crippen LogP contribution < -0.4 is 4.74 Å². The van der Waals surface area contributed by atoms with Gasteiger partial charge in [0.1, 0.15) is 17.4 Å². The van der Waals surface area contributed by atoms with Crippen LogP contribution >= 0.6 is 0 Å². The Labute approximate surface area is 178 Å². The Hall–Kier alpha value is -4.17. The minimum Gasteiger partial charge on any atom is -0.480 e.